The van der Waals surface area contributed by atoms with Crippen LogP contribution in [-0.2, 0) is 0 Å². The van der Waals surface area contributed by atoms with Gasteiger partial charge in [-0.15, -0.1) is 0 Å². The summed E-state index contributed by atoms with van der Waals surface area (Å²) in [6.45, 7) is 0. The van der Waals surface area contributed by atoms with Gasteiger partial charge in [-0.2, -0.15) is 0 Å². The molecule has 0 rings (SSSR count). The molecule has 0 saturated carbocycles. The summed E-state index contributed by atoms with van der Waals surface area (Å²) in [7, 11) is -4.97. The molecule has 8 heteroatoms. The molecule has 0 bridgehead atoms. The van der Waals surface area contributed by atoms with E-state index in [9.17, 15) is 0 Å². The van der Waals surface area contributed by atoms with Crippen molar-refractivity contribution < 1.29 is 25.0 Å². The number of hydrogen-bond acceptors (Lipinski definition) is 4. The first kappa shape index (κ1) is 16.3. The summed E-state index contributed by atoms with van der Waals surface area (Å²) < 4.78 is 0. The molecule has 0 aromatic rings. The zero-order chi connectivity index (χ0) is 5.15. The van der Waals surface area contributed by atoms with Gasteiger partial charge in [0.2, 0.25) is 0 Å². The van der Waals surface area contributed by atoms with Crippen LogP contribution in [0.4, 0.5) is 0 Å². The number of hydrogen-bond donors (Lipinski definition) is 4. The van der Waals surface area contributed by atoms with Crippen molar-refractivity contribution >= 4 is 45.7 Å². The molecule has 0 saturated heterocycles. The Balaban J connectivity index is -0.000000125. The van der Waals surface area contributed by atoms with E-state index in [1.165, 1.54) is 0 Å². The molecule has 1 radical (unpaired) electrons. The molecule has 0 spiro atoms. The number of rotatable bonds is 1. The molecule has 0 amide bonds. The molecule has 0 fully saturated rings. The van der Waals surface area contributed by atoms with Gasteiger partial charge in [0.15, 0.2) is 0 Å². The van der Waals surface area contributed by atoms with Crippen LogP contribution in [0.5, 0.6) is 0 Å². The first-order valence-corrected chi connectivity index (χ1v) is 4.20. The molecule has 8 heavy (non-hydrogen) atoms. The molecule has 0 aromatic heterocycles. The van der Waals surface area contributed by atoms with Crippen molar-refractivity contribution in [3.63, 3.8) is 0 Å². The second-order valence-corrected chi connectivity index (χ2v) is 3.76. The average Bonchev–Trinajstić information content (AvgIpc) is 1.36. The Labute approximate surface area is 70.7 Å². The van der Waals surface area contributed by atoms with Crippen molar-refractivity contribution in [2.75, 3.05) is 0 Å². The smallest absolute Gasteiger partial charge is 0.250 e. The summed E-state index contributed by atoms with van der Waals surface area (Å²) in [5.41, 5.74) is 0. The summed E-state index contributed by atoms with van der Waals surface area (Å²) in [4.78, 5) is 31.1. The first-order valence-electron chi connectivity index (χ1n) is 1.000. The van der Waals surface area contributed by atoms with Gasteiger partial charge in [0.25, 0.3) is 16.1 Å². The minimum absolute atomic E-state index is 0. The fourth-order valence-electron chi connectivity index (χ4n) is 0. The molecule has 0 aromatic carbocycles. The van der Waals surface area contributed by atoms with Crippen LogP contribution in [0.25, 0.3) is 0 Å². The molecular formula is H6NaO5P2. The molecule has 0 aliphatic heterocycles. The summed E-state index contributed by atoms with van der Waals surface area (Å²) in [5, 5.41) is 0. The molecule has 0 unspecified atom stereocenters. The van der Waals surface area contributed by atoms with E-state index in [1.807, 2.05) is 0 Å². The van der Waals surface area contributed by atoms with Crippen LogP contribution in [0, 0.1) is 0 Å². The van der Waals surface area contributed by atoms with Crippen molar-refractivity contribution in [3.05, 3.63) is 0 Å². The molecule has 0 aliphatic rings. The summed E-state index contributed by atoms with van der Waals surface area (Å²) in [6.07, 6.45) is 0. The van der Waals surface area contributed by atoms with Gasteiger partial charge in [-0.25, -0.2) is 0 Å². The van der Waals surface area contributed by atoms with E-state index in [-0.39, 0.29) is 35.0 Å². The zero-order valence-corrected chi connectivity index (χ0v) is 7.97. The SMILES string of the molecule is O.OP(O)P(O)O.[Na]. The van der Waals surface area contributed by atoms with Gasteiger partial charge in [0.05, 0.1) is 0 Å². The maximum atomic E-state index is 7.78. The van der Waals surface area contributed by atoms with Crippen LogP contribution in [0.2, 0.25) is 0 Å². The normalized spacial score (nSPS) is 8.25. The average molecular weight is 171 g/mol. The topological polar surface area (TPSA) is 112 Å². The predicted octanol–water partition coefficient (Wildman–Crippen LogP) is -1.71. The van der Waals surface area contributed by atoms with Crippen LogP contribution in [0.1, 0.15) is 0 Å². The minimum Gasteiger partial charge on any atom is -0.412 e. The second-order valence-electron chi connectivity index (χ2n) is 0.537. The van der Waals surface area contributed by atoms with Crippen LogP contribution in [0.15, 0.2) is 0 Å². The third-order valence-corrected chi connectivity index (χ3v) is 1.44. The van der Waals surface area contributed by atoms with Crippen LogP contribution >= 0.6 is 16.1 Å². The largest absolute Gasteiger partial charge is 0.412 e. The first-order chi connectivity index (χ1) is 2.64. The third-order valence-electron chi connectivity index (χ3n) is 0.160. The Hall–Kier alpha value is 1.66. The Morgan fingerprint density at radius 1 is 0.750 bits per heavy atom. The fraction of sp³-hybridized carbons (Fsp3) is 0. The molecule has 0 atom stereocenters. The second kappa shape index (κ2) is 8.66. The maximum absolute atomic E-state index is 7.78. The molecule has 6 N–H and O–H groups in total. The molecular weight excluding hydrogens is 165 g/mol. The van der Waals surface area contributed by atoms with Gasteiger partial charge in [-0.1, -0.05) is 0 Å². The van der Waals surface area contributed by atoms with Gasteiger partial charge < -0.3 is 25.0 Å². The van der Waals surface area contributed by atoms with Crippen molar-refractivity contribution in [2.45, 2.75) is 0 Å². The van der Waals surface area contributed by atoms with Crippen LogP contribution < -0.4 is 0 Å². The van der Waals surface area contributed by atoms with Gasteiger partial charge >= 0.3 is 0 Å². The van der Waals surface area contributed by atoms with Gasteiger partial charge in [0, 0.05) is 29.6 Å². The van der Waals surface area contributed by atoms with Crippen LogP contribution in [-0.4, -0.2) is 54.6 Å². The molecule has 5 nitrogen and oxygen atoms in total. The van der Waals surface area contributed by atoms with E-state index in [1.54, 1.807) is 0 Å². The van der Waals surface area contributed by atoms with Gasteiger partial charge in [0.1, 0.15) is 0 Å². The van der Waals surface area contributed by atoms with E-state index >= 15 is 0 Å². The predicted molar refractivity (Wildman–Crippen MR) is 32.1 cm³/mol. The summed E-state index contributed by atoms with van der Waals surface area (Å²) in [5.74, 6) is 0. The van der Waals surface area contributed by atoms with E-state index in [0.717, 1.165) is 0 Å². The van der Waals surface area contributed by atoms with E-state index < -0.39 is 16.1 Å². The Morgan fingerprint density at radius 2 is 0.875 bits per heavy atom. The zero-order valence-electron chi connectivity index (χ0n) is 4.18. The molecule has 47 valence electrons. The maximum Gasteiger partial charge on any atom is 0.250 e. The van der Waals surface area contributed by atoms with E-state index in [0.29, 0.717) is 0 Å². The van der Waals surface area contributed by atoms with Crippen molar-refractivity contribution in [1.29, 1.82) is 0 Å². The van der Waals surface area contributed by atoms with Crippen molar-refractivity contribution in [3.8, 4) is 0 Å². The van der Waals surface area contributed by atoms with E-state index in [2.05, 4.69) is 0 Å². The fourth-order valence-corrected chi connectivity index (χ4v) is 0. The molecule has 0 heterocycles. The summed E-state index contributed by atoms with van der Waals surface area (Å²) in [6, 6.07) is 0. The Kier molecular flexibility index (Phi) is 17.7. The third kappa shape index (κ3) is 10.6. The minimum atomic E-state index is -2.48. The van der Waals surface area contributed by atoms with Crippen molar-refractivity contribution in [2.24, 2.45) is 0 Å². The van der Waals surface area contributed by atoms with Gasteiger partial charge in [-0.3, -0.25) is 0 Å². The summed E-state index contributed by atoms with van der Waals surface area (Å²) >= 11 is 0. The molecule has 0 aliphatic carbocycles. The Bertz CT molecular complexity index is 31.4. The van der Waals surface area contributed by atoms with Crippen molar-refractivity contribution in [1.82, 2.24) is 0 Å². The van der Waals surface area contributed by atoms with Gasteiger partial charge in [-0.05, 0) is 0 Å². The quantitative estimate of drug-likeness (QED) is 0.278. The standard InChI is InChI=1S/Na.H4O4P2.H2O/c;1-5(2)6(3)4;/h;1-4H;1H2. The van der Waals surface area contributed by atoms with E-state index in [4.69, 9.17) is 19.6 Å². The van der Waals surface area contributed by atoms with Crippen LogP contribution in [0.3, 0.4) is 0 Å². The monoisotopic (exact) mass is 171 g/mol. The Morgan fingerprint density at radius 3 is 0.875 bits per heavy atom.